The monoisotopic (exact) mass is 302 g/mol. The van der Waals surface area contributed by atoms with E-state index >= 15 is 0 Å². The number of ketones is 1. The van der Waals surface area contributed by atoms with Crippen LogP contribution in [-0.2, 0) is 0 Å². The molecule has 0 radical (unpaired) electrons. The zero-order valence-electron chi connectivity index (χ0n) is 10.7. The Morgan fingerprint density at radius 1 is 0.810 bits per heavy atom. The van der Waals surface area contributed by atoms with Crippen LogP contribution in [0.1, 0.15) is 15.9 Å². The highest BCUT2D eigenvalue weighted by Gasteiger charge is 2.17. The fourth-order valence-corrected chi connectivity index (χ4v) is 2.44. The molecule has 0 saturated heterocycles. The highest BCUT2D eigenvalue weighted by Crippen LogP contribution is 2.25. The number of halogens is 3. The van der Waals surface area contributed by atoms with Crippen molar-refractivity contribution in [1.29, 1.82) is 0 Å². The maximum atomic E-state index is 13.9. The molecule has 3 rings (SSSR count). The second kappa shape index (κ2) is 5.26. The molecule has 0 amide bonds. The Morgan fingerprint density at radius 2 is 1.48 bits per heavy atom. The van der Waals surface area contributed by atoms with Gasteiger partial charge in [-0.3, -0.25) is 4.79 Å². The van der Waals surface area contributed by atoms with Crippen molar-refractivity contribution in [2.24, 2.45) is 0 Å². The molecule has 0 aromatic heterocycles. The third kappa shape index (κ3) is 2.41. The molecule has 0 aliphatic carbocycles. The first-order valence-corrected chi connectivity index (χ1v) is 6.63. The van der Waals surface area contributed by atoms with Gasteiger partial charge < -0.3 is 0 Å². The van der Waals surface area contributed by atoms with E-state index in [2.05, 4.69) is 0 Å². The van der Waals surface area contributed by atoms with Crippen LogP contribution in [0.4, 0.5) is 8.78 Å². The third-order valence-electron chi connectivity index (χ3n) is 3.29. The molecule has 1 nitrogen and oxygen atoms in total. The molecular weight excluding hydrogens is 294 g/mol. The quantitative estimate of drug-likeness (QED) is 0.609. The van der Waals surface area contributed by atoms with Crippen LogP contribution in [0.15, 0.2) is 54.6 Å². The van der Waals surface area contributed by atoms with Gasteiger partial charge in [-0.05, 0) is 35.7 Å². The summed E-state index contributed by atoms with van der Waals surface area (Å²) in [5.41, 5.74) is 0.171. The van der Waals surface area contributed by atoms with Gasteiger partial charge in [0.1, 0.15) is 11.6 Å². The van der Waals surface area contributed by atoms with Gasteiger partial charge in [0.05, 0.1) is 5.56 Å². The van der Waals surface area contributed by atoms with Crippen molar-refractivity contribution in [2.75, 3.05) is 0 Å². The highest BCUT2D eigenvalue weighted by atomic mass is 35.5. The fraction of sp³-hybridized carbons (Fsp3) is 0. The van der Waals surface area contributed by atoms with Crippen molar-refractivity contribution < 1.29 is 13.6 Å². The number of benzene rings is 3. The van der Waals surface area contributed by atoms with Crippen LogP contribution in [0.25, 0.3) is 10.8 Å². The Hall–Kier alpha value is -2.26. The van der Waals surface area contributed by atoms with Crippen molar-refractivity contribution in [2.45, 2.75) is 0 Å². The van der Waals surface area contributed by atoms with E-state index in [1.54, 1.807) is 24.3 Å². The molecule has 0 unspecified atom stereocenters. The van der Waals surface area contributed by atoms with Crippen molar-refractivity contribution in [3.05, 3.63) is 82.4 Å². The number of hydrogen-bond acceptors (Lipinski definition) is 1. The normalized spacial score (nSPS) is 10.8. The van der Waals surface area contributed by atoms with E-state index in [1.165, 1.54) is 24.3 Å². The maximum Gasteiger partial charge on any atom is 0.196 e. The Kier molecular flexibility index (Phi) is 3.43. The lowest BCUT2D eigenvalue weighted by Gasteiger charge is -2.08. The minimum atomic E-state index is -0.694. The topological polar surface area (TPSA) is 17.1 Å². The first-order chi connectivity index (χ1) is 10.1. The van der Waals surface area contributed by atoms with Gasteiger partial charge in [0.25, 0.3) is 0 Å². The Labute approximate surface area is 124 Å². The zero-order valence-corrected chi connectivity index (χ0v) is 11.5. The van der Waals surface area contributed by atoms with Gasteiger partial charge >= 0.3 is 0 Å². The van der Waals surface area contributed by atoms with E-state index in [0.717, 1.165) is 6.07 Å². The molecule has 3 aromatic carbocycles. The minimum Gasteiger partial charge on any atom is -0.288 e. The lowest BCUT2D eigenvalue weighted by Crippen LogP contribution is -2.05. The molecule has 4 heteroatoms. The Morgan fingerprint density at radius 3 is 2.19 bits per heavy atom. The summed E-state index contributed by atoms with van der Waals surface area (Å²) in [6.07, 6.45) is 0. The number of fused-ring (bicyclic) bond motifs is 1. The average Bonchev–Trinajstić information content (AvgIpc) is 2.47. The largest absolute Gasteiger partial charge is 0.288 e. The summed E-state index contributed by atoms with van der Waals surface area (Å²) in [6, 6.07) is 13.1. The summed E-state index contributed by atoms with van der Waals surface area (Å²) < 4.78 is 27.6. The van der Waals surface area contributed by atoms with Crippen molar-refractivity contribution in [3.8, 4) is 0 Å². The van der Waals surface area contributed by atoms with Crippen molar-refractivity contribution >= 4 is 28.2 Å². The van der Waals surface area contributed by atoms with Crippen LogP contribution >= 0.6 is 11.6 Å². The molecule has 0 saturated carbocycles. The predicted molar refractivity (Wildman–Crippen MR) is 78.7 cm³/mol. The van der Waals surface area contributed by atoms with Crippen LogP contribution in [0.5, 0.6) is 0 Å². The summed E-state index contributed by atoms with van der Waals surface area (Å²) in [7, 11) is 0. The van der Waals surface area contributed by atoms with E-state index in [0.29, 0.717) is 10.8 Å². The molecule has 0 aliphatic rings. The SMILES string of the molecule is O=C(c1ccc(Cl)cc1F)c1ccc(F)c2ccccc12. The summed E-state index contributed by atoms with van der Waals surface area (Å²) in [5, 5.41) is 1.00. The number of hydrogen-bond donors (Lipinski definition) is 0. The molecule has 0 fully saturated rings. The van der Waals surface area contributed by atoms with E-state index in [1.807, 2.05) is 0 Å². The van der Waals surface area contributed by atoms with Gasteiger partial charge in [-0.25, -0.2) is 8.78 Å². The van der Waals surface area contributed by atoms with Gasteiger partial charge in [-0.15, -0.1) is 0 Å². The second-order valence-electron chi connectivity index (χ2n) is 4.59. The number of rotatable bonds is 2. The van der Waals surface area contributed by atoms with Crippen LogP contribution in [0.3, 0.4) is 0 Å². The van der Waals surface area contributed by atoms with Crippen LogP contribution in [-0.4, -0.2) is 5.78 Å². The van der Waals surface area contributed by atoms with E-state index in [9.17, 15) is 13.6 Å². The molecule has 0 heterocycles. The van der Waals surface area contributed by atoms with Crippen molar-refractivity contribution in [3.63, 3.8) is 0 Å². The summed E-state index contributed by atoms with van der Waals surface area (Å²) in [4.78, 5) is 12.5. The summed E-state index contributed by atoms with van der Waals surface area (Å²) in [5.74, 6) is -1.61. The molecule has 3 aromatic rings. The smallest absolute Gasteiger partial charge is 0.196 e. The van der Waals surface area contributed by atoms with Crippen molar-refractivity contribution in [1.82, 2.24) is 0 Å². The predicted octanol–water partition coefficient (Wildman–Crippen LogP) is 5.00. The third-order valence-corrected chi connectivity index (χ3v) is 3.53. The van der Waals surface area contributed by atoms with Crippen LogP contribution in [0, 0.1) is 11.6 Å². The molecule has 0 bridgehead atoms. The molecular formula is C17H9ClF2O. The zero-order chi connectivity index (χ0) is 15.0. The standard InChI is InChI=1S/C17H9ClF2O/c18-10-5-6-14(16(20)9-10)17(21)13-7-8-15(19)12-4-2-1-3-11(12)13/h1-9H. The Balaban J connectivity index is 2.21. The van der Waals surface area contributed by atoms with Crippen LogP contribution in [0.2, 0.25) is 5.02 Å². The van der Waals surface area contributed by atoms with Gasteiger partial charge in [0.2, 0.25) is 0 Å². The molecule has 0 N–H and O–H groups in total. The molecule has 21 heavy (non-hydrogen) atoms. The molecule has 0 atom stereocenters. The van der Waals surface area contributed by atoms with E-state index in [-0.39, 0.29) is 16.1 Å². The first kappa shape index (κ1) is 13.7. The highest BCUT2D eigenvalue weighted by molar-refractivity contribution is 6.30. The lowest BCUT2D eigenvalue weighted by molar-refractivity contribution is 0.103. The van der Waals surface area contributed by atoms with Gasteiger partial charge in [0, 0.05) is 16.0 Å². The summed E-state index contributed by atoms with van der Waals surface area (Å²) in [6.45, 7) is 0. The molecule has 104 valence electrons. The first-order valence-electron chi connectivity index (χ1n) is 6.25. The van der Waals surface area contributed by atoms with E-state index < -0.39 is 17.4 Å². The van der Waals surface area contributed by atoms with Gasteiger partial charge in [-0.1, -0.05) is 35.9 Å². The average molecular weight is 303 g/mol. The Bertz CT molecular complexity index is 859. The lowest BCUT2D eigenvalue weighted by atomic mass is 9.97. The van der Waals surface area contributed by atoms with Gasteiger partial charge in [0.15, 0.2) is 5.78 Å². The molecule has 0 aliphatic heterocycles. The summed E-state index contributed by atoms with van der Waals surface area (Å²) >= 11 is 5.68. The maximum absolute atomic E-state index is 13.9. The fourth-order valence-electron chi connectivity index (χ4n) is 2.28. The second-order valence-corrected chi connectivity index (χ2v) is 5.03. The minimum absolute atomic E-state index is 0.0869. The van der Waals surface area contributed by atoms with E-state index in [4.69, 9.17) is 11.6 Å². The number of carbonyl (C=O) groups is 1. The van der Waals surface area contributed by atoms with Crippen LogP contribution < -0.4 is 0 Å². The number of carbonyl (C=O) groups excluding carboxylic acids is 1. The van der Waals surface area contributed by atoms with Gasteiger partial charge in [-0.2, -0.15) is 0 Å². The molecule has 0 spiro atoms.